The zero-order valence-corrected chi connectivity index (χ0v) is 34.4. The first-order valence-electron chi connectivity index (χ1n) is 22.3. The highest BCUT2D eigenvalue weighted by Crippen LogP contribution is 2.60. The molecule has 2 heterocycles. The van der Waals surface area contributed by atoms with E-state index in [9.17, 15) is 30.3 Å². The first-order chi connectivity index (χ1) is 27.5. The Balaban J connectivity index is 1.08. The smallest absolute Gasteiger partial charge is 0.309 e. The fraction of sp³-hybridized carbons (Fsp3) is 0.646. The van der Waals surface area contributed by atoms with Crippen LogP contribution in [0.15, 0.2) is 72.2 Å². The van der Waals surface area contributed by atoms with Crippen molar-refractivity contribution in [2.45, 2.75) is 153 Å². The van der Waals surface area contributed by atoms with E-state index in [1.807, 2.05) is 18.3 Å². The molecule has 314 valence electrons. The first kappa shape index (κ1) is 43.1. The number of carboxylic acid groups (broad SMARTS) is 1. The molecular formula is C48H71N3O6. The van der Waals surface area contributed by atoms with E-state index in [-0.39, 0.29) is 41.4 Å². The summed E-state index contributed by atoms with van der Waals surface area (Å²) in [6.45, 7) is 2.92. The fourth-order valence-electron chi connectivity index (χ4n) is 11.1. The van der Waals surface area contributed by atoms with Gasteiger partial charge in [0.05, 0.1) is 29.5 Å². The third-order valence-corrected chi connectivity index (χ3v) is 14.4. The first-order valence-corrected chi connectivity index (χ1v) is 22.3. The Hall–Kier alpha value is -3.53. The number of rotatable bonds is 21. The van der Waals surface area contributed by atoms with E-state index < -0.39 is 23.6 Å². The monoisotopic (exact) mass is 786 g/mol. The zero-order valence-electron chi connectivity index (χ0n) is 34.4. The predicted molar refractivity (Wildman–Crippen MR) is 226 cm³/mol. The number of benzene rings is 1. The molecule has 0 saturated heterocycles. The van der Waals surface area contributed by atoms with Gasteiger partial charge in [0, 0.05) is 24.4 Å². The van der Waals surface area contributed by atoms with Crippen LogP contribution in [0.2, 0.25) is 0 Å². The van der Waals surface area contributed by atoms with Crippen LogP contribution in [0.3, 0.4) is 0 Å². The number of aliphatic hydroxyl groups is 3. The third-order valence-electron chi connectivity index (χ3n) is 14.4. The Morgan fingerprint density at radius 2 is 1.75 bits per heavy atom. The maximum Gasteiger partial charge on any atom is 0.309 e. The van der Waals surface area contributed by atoms with Gasteiger partial charge in [-0.25, -0.2) is 0 Å². The Bertz CT molecular complexity index is 1670. The van der Waals surface area contributed by atoms with E-state index in [1.165, 1.54) is 24.8 Å². The summed E-state index contributed by atoms with van der Waals surface area (Å²) in [6, 6.07) is 9.45. The molecule has 2 saturated carbocycles. The number of phenolic OH excluding ortho intramolecular Hbond substituents is 1. The summed E-state index contributed by atoms with van der Waals surface area (Å²) >= 11 is 0. The molecular weight excluding hydrogens is 715 g/mol. The van der Waals surface area contributed by atoms with Gasteiger partial charge in [0.25, 0.3) is 0 Å². The predicted octanol–water partition coefficient (Wildman–Crippen LogP) is 8.43. The lowest BCUT2D eigenvalue weighted by atomic mass is 9.66. The van der Waals surface area contributed by atoms with Crippen LogP contribution in [-0.2, 0) is 17.6 Å². The van der Waals surface area contributed by atoms with Crippen LogP contribution >= 0.6 is 0 Å². The summed E-state index contributed by atoms with van der Waals surface area (Å²) in [5, 5.41) is 58.1. The molecule has 57 heavy (non-hydrogen) atoms. The van der Waals surface area contributed by atoms with Crippen molar-refractivity contribution in [3.8, 4) is 5.75 Å². The largest absolute Gasteiger partial charge is 0.508 e. The van der Waals surface area contributed by atoms with Gasteiger partial charge in [0.15, 0.2) is 0 Å². The van der Waals surface area contributed by atoms with Crippen molar-refractivity contribution < 1.29 is 30.3 Å². The summed E-state index contributed by atoms with van der Waals surface area (Å²) in [6.07, 6.45) is 26.8. The summed E-state index contributed by atoms with van der Waals surface area (Å²) in [5.74, 6) is -0.104. The molecule has 0 spiro atoms. The number of nitrogens with two attached hydrogens (primary N) is 1. The van der Waals surface area contributed by atoms with Crippen molar-refractivity contribution in [1.82, 2.24) is 10.3 Å². The lowest BCUT2D eigenvalue weighted by molar-refractivity contribution is -0.146. The maximum atomic E-state index is 12.7. The SMILES string of the molecule is CCCCCC1C=CC(CCCCCC(C(=O)O)C(O)CCC2(O)CC(C3(C4=CCNC(N)=C4)CCCC3)CC2Cc2cc(Cc3ccc(O)cc3)c[nH]2)C(O)C1. The molecule has 9 N–H and O–H groups in total. The fourth-order valence-corrected chi connectivity index (χ4v) is 11.1. The number of hydrogen-bond acceptors (Lipinski definition) is 7. The van der Waals surface area contributed by atoms with Crippen LogP contribution < -0.4 is 11.1 Å². The lowest BCUT2D eigenvalue weighted by Crippen LogP contribution is -2.38. The van der Waals surface area contributed by atoms with Crippen LogP contribution in [-0.4, -0.2) is 60.8 Å². The van der Waals surface area contributed by atoms with Crippen molar-refractivity contribution in [2.75, 3.05) is 6.54 Å². The van der Waals surface area contributed by atoms with Gasteiger partial charge in [-0.15, -0.1) is 0 Å². The highest BCUT2D eigenvalue weighted by atomic mass is 16.4. The van der Waals surface area contributed by atoms with Crippen LogP contribution in [0.25, 0.3) is 0 Å². The van der Waals surface area contributed by atoms with E-state index in [4.69, 9.17) is 5.73 Å². The average molecular weight is 786 g/mol. The van der Waals surface area contributed by atoms with Crippen LogP contribution in [0.4, 0.5) is 0 Å². The van der Waals surface area contributed by atoms with Crippen molar-refractivity contribution in [2.24, 2.45) is 40.7 Å². The number of carbonyl (C=O) groups is 1. The van der Waals surface area contributed by atoms with Gasteiger partial charge >= 0.3 is 5.97 Å². The quantitative estimate of drug-likeness (QED) is 0.0460. The van der Waals surface area contributed by atoms with Crippen LogP contribution in [0, 0.1) is 35.0 Å². The molecule has 8 atom stereocenters. The molecule has 1 aromatic heterocycles. The van der Waals surface area contributed by atoms with Crippen molar-refractivity contribution in [3.05, 3.63) is 89.0 Å². The Morgan fingerprint density at radius 3 is 2.47 bits per heavy atom. The number of hydrogen-bond donors (Lipinski definition) is 8. The van der Waals surface area contributed by atoms with Gasteiger partial charge in [0.1, 0.15) is 5.75 Å². The number of aromatic nitrogens is 1. The standard InChI is InChI=1S/C48H71N3O6/c1-2-3-5-10-33-13-16-36(44(54)27-33)11-6-4-7-12-42(46(55)56)43(53)19-23-48(57)31-39(47(21-8-9-22-47)37-20-24-50-45(49)30-37)28-38(48)29-40-26-35(32-51-40)25-34-14-17-41(52)18-15-34/h13-18,20,26,30,32-33,36,38-39,42-44,50-54,57H,2-12,19,21-25,27-29,31,49H2,1H3,(H,55,56). The molecule has 1 aliphatic heterocycles. The molecule has 1 aromatic carbocycles. The highest BCUT2D eigenvalue weighted by molar-refractivity contribution is 5.70. The minimum Gasteiger partial charge on any atom is -0.508 e. The third kappa shape index (κ3) is 11.2. The van der Waals surface area contributed by atoms with Gasteiger partial charge in [-0.1, -0.05) is 88.7 Å². The van der Waals surface area contributed by atoms with Gasteiger partial charge in [-0.3, -0.25) is 4.79 Å². The van der Waals surface area contributed by atoms with Crippen molar-refractivity contribution in [3.63, 3.8) is 0 Å². The normalized spacial score (nSPS) is 28.1. The second kappa shape index (κ2) is 20.0. The summed E-state index contributed by atoms with van der Waals surface area (Å²) in [5.41, 5.74) is 9.77. The topological polar surface area (TPSA) is 172 Å². The molecule has 0 radical (unpaired) electrons. The molecule has 9 heteroatoms. The number of aromatic hydroxyl groups is 1. The minimum atomic E-state index is -1.06. The molecule has 2 aromatic rings. The number of unbranched alkanes of at least 4 members (excludes halogenated alkanes) is 4. The van der Waals surface area contributed by atoms with Gasteiger partial charge < -0.3 is 41.6 Å². The summed E-state index contributed by atoms with van der Waals surface area (Å²) in [4.78, 5) is 16.0. The number of aliphatic carboxylic acids is 1. The Labute approximate surface area is 340 Å². The maximum absolute atomic E-state index is 12.7. The van der Waals surface area contributed by atoms with Gasteiger partial charge in [-0.2, -0.15) is 0 Å². The van der Waals surface area contributed by atoms with E-state index in [0.717, 1.165) is 87.4 Å². The van der Waals surface area contributed by atoms with E-state index in [1.54, 1.807) is 12.1 Å². The molecule has 6 rings (SSSR count). The molecule has 0 amide bonds. The van der Waals surface area contributed by atoms with Crippen molar-refractivity contribution in [1.29, 1.82) is 0 Å². The van der Waals surface area contributed by atoms with E-state index >= 15 is 0 Å². The second-order valence-corrected chi connectivity index (χ2v) is 18.3. The van der Waals surface area contributed by atoms with Crippen molar-refractivity contribution >= 4 is 5.97 Å². The Morgan fingerprint density at radius 1 is 0.982 bits per heavy atom. The molecule has 3 aliphatic carbocycles. The number of aromatic amines is 1. The second-order valence-electron chi connectivity index (χ2n) is 18.3. The highest BCUT2D eigenvalue weighted by Gasteiger charge is 2.54. The summed E-state index contributed by atoms with van der Waals surface area (Å²) < 4.78 is 0. The number of nitrogens with one attached hydrogen (secondary N) is 2. The number of H-pyrrole nitrogens is 1. The molecule has 0 bridgehead atoms. The molecule has 2 fully saturated rings. The molecule has 4 aliphatic rings. The zero-order chi connectivity index (χ0) is 40.4. The van der Waals surface area contributed by atoms with Gasteiger partial charge in [0.2, 0.25) is 0 Å². The van der Waals surface area contributed by atoms with E-state index in [0.29, 0.717) is 50.4 Å². The van der Waals surface area contributed by atoms with Crippen LogP contribution in [0.5, 0.6) is 5.75 Å². The number of allylic oxidation sites excluding steroid dienone is 3. The minimum absolute atomic E-state index is 0.0583. The number of aliphatic hydroxyl groups excluding tert-OH is 2. The Kier molecular flexibility index (Phi) is 15.1. The summed E-state index contributed by atoms with van der Waals surface area (Å²) in [7, 11) is 0. The number of dihydropyridines is 1. The van der Waals surface area contributed by atoms with Crippen LogP contribution in [0.1, 0.15) is 139 Å². The number of phenols is 1. The average Bonchev–Trinajstić information content (AvgIpc) is 3.94. The molecule has 8 unspecified atom stereocenters. The van der Waals surface area contributed by atoms with E-state index in [2.05, 4.69) is 47.6 Å². The lowest BCUT2D eigenvalue weighted by Gasteiger charge is -2.39. The van der Waals surface area contributed by atoms with Gasteiger partial charge in [-0.05, 0) is 141 Å². The number of carboxylic acids is 1. The molecule has 9 nitrogen and oxygen atoms in total.